The Kier molecular flexibility index (Phi) is 4.01. The molecule has 0 radical (unpaired) electrons. The fourth-order valence-electron chi connectivity index (χ4n) is 3.01. The van der Waals surface area contributed by atoms with Crippen molar-refractivity contribution in [2.45, 2.75) is 63.6 Å². The van der Waals surface area contributed by atoms with Crippen molar-refractivity contribution in [2.75, 3.05) is 6.54 Å². The topological polar surface area (TPSA) is 56.1 Å². The van der Waals surface area contributed by atoms with Crippen LogP contribution in [0.2, 0.25) is 0 Å². The molecule has 94 valence electrons. The number of carbonyl (C=O) groups is 1. The summed E-state index contributed by atoms with van der Waals surface area (Å²) in [4.78, 5) is 14.3. The molecule has 2 fully saturated rings. The normalized spacial score (nSPS) is 31.3. The second kappa shape index (κ2) is 5.50. The van der Waals surface area contributed by atoms with E-state index in [1.54, 1.807) is 0 Å². The third-order valence-electron chi connectivity index (χ3n) is 3.85. The van der Waals surface area contributed by atoms with Crippen molar-refractivity contribution in [1.29, 1.82) is 5.26 Å². The van der Waals surface area contributed by atoms with Gasteiger partial charge in [0, 0.05) is 18.6 Å². The third-order valence-corrected chi connectivity index (χ3v) is 3.85. The van der Waals surface area contributed by atoms with Gasteiger partial charge in [0.2, 0.25) is 5.91 Å². The van der Waals surface area contributed by atoms with Gasteiger partial charge in [-0.3, -0.25) is 4.79 Å². The minimum Gasteiger partial charge on any atom is -0.337 e. The molecule has 17 heavy (non-hydrogen) atoms. The van der Waals surface area contributed by atoms with Gasteiger partial charge < -0.3 is 10.2 Å². The first-order chi connectivity index (χ1) is 8.22. The highest BCUT2D eigenvalue weighted by Gasteiger charge is 2.35. The second-order valence-electron chi connectivity index (χ2n) is 5.26. The van der Waals surface area contributed by atoms with Crippen molar-refractivity contribution in [1.82, 2.24) is 10.2 Å². The zero-order valence-corrected chi connectivity index (χ0v) is 10.5. The zero-order chi connectivity index (χ0) is 12.3. The first-order valence-corrected chi connectivity index (χ1v) is 6.66. The number of nitrogens with one attached hydrogen (secondary N) is 1. The Morgan fingerprint density at radius 1 is 1.41 bits per heavy atom. The number of rotatable bonds is 2. The van der Waals surface area contributed by atoms with E-state index in [-0.39, 0.29) is 18.4 Å². The van der Waals surface area contributed by atoms with Crippen LogP contribution in [0.3, 0.4) is 0 Å². The Labute approximate surface area is 103 Å². The highest BCUT2D eigenvalue weighted by atomic mass is 16.2. The summed E-state index contributed by atoms with van der Waals surface area (Å²) in [5.41, 5.74) is 0. The molecule has 4 heteroatoms. The molecule has 1 aliphatic heterocycles. The van der Waals surface area contributed by atoms with Gasteiger partial charge in [-0.05, 0) is 19.8 Å². The maximum atomic E-state index is 12.3. The van der Waals surface area contributed by atoms with Gasteiger partial charge in [0.15, 0.2) is 0 Å². The van der Waals surface area contributed by atoms with Crippen molar-refractivity contribution in [2.24, 2.45) is 0 Å². The second-order valence-corrected chi connectivity index (χ2v) is 5.26. The minimum atomic E-state index is -0.286. The molecule has 0 aromatic heterocycles. The first-order valence-electron chi connectivity index (χ1n) is 6.66. The number of amides is 1. The van der Waals surface area contributed by atoms with Crippen LogP contribution in [-0.4, -0.2) is 35.5 Å². The molecule has 2 unspecified atom stereocenters. The standard InChI is InChI=1S/C13H21N3O/c1-10-9-16(11-5-3-2-4-6-11)13(17)12(15-10)7-8-14/h10-12,15H,2-7,9H2,1H3. The van der Waals surface area contributed by atoms with E-state index in [4.69, 9.17) is 5.26 Å². The van der Waals surface area contributed by atoms with Crippen LogP contribution in [0, 0.1) is 11.3 Å². The third kappa shape index (κ3) is 2.78. The molecular weight excluding hydrogens is 214 g/mol. The van der Waals surface area contributed by atoms with E-state index >= 15 is 0 Å². The molecule has 2 rings (SSSR count). The van der Waals surface area contributed by atoms with Gasteiger partial charge in [-0.2, -0.15) is 5.26 Å². The van der Waals surface area contributed by atoms with Gasteiger partial charge in [-0.15, -0.1) is 0 Å². The maximum absolute atomic E-state index is 12.3. The van der Waals surface area contributed by atoms with Crippen LogP contribution < -0.4 is 5.32 Å². The van der Waals surface area contributed by atoms with Gasteiger partial charge in [-0.1, -0.05) is 19.3 Å². The largest absolute Gasteiger partial charge is 0.337 e. The SMILES string of the molecule is CC1CN(C2CCCCC2)C(=O)C(CC#N)N1. The van der Waals surface area contributed by atoms with Crippen LogP contribution >= 0.6 is 0 Å². The Bertz CT molecular complexity index is 317. The lowest BCUT2D eigenvalue weighted by atomic mass is 9.92. The lowest BCUT2D eigenvalue weighted by Crippen LogP contribution is -2.61. The number of nitriles is 1. The average molecular weight is 235 g/mol. The maximum Gasteiger partial charge on any atom is 0.241 e. The minimum absolute atomic E-state index is 0.136. The Morgan fingerprint density at radius 3 is 2.76 bits per heavy atom. The molecule has 0 bridgehead atoms. The lowest BCUT2D eigenvalue weighted by Gasteiger charge is -2.42. The van der Waals surface area contributed by atoms with E-state index < -0.39 is 0 Å². The van der Waals surface area contributed by atoms with Crippen LogP contribution in [-0.2, 0) is 4.79 Å². The molecule has 1 amide bonds. The molecule has 1 saturated heterocycles. The Hall–Kier alpha value is -1.08. The predicted octanol–water partition coefficient (Wildman–Crippen LogP) is 1.42. The molecule has 0 aromatic rings. The number of piperazine rings is 1. The molecule has 2 aliphatic rings. The fourth-order valence-corrected chi connectivity index (χ4v) is 3.01. The quantitative estimate of drug-likeness (QED) is 0.787. The van der Waals surface area contributed by atoms with Crippen molar-refractivity contribution >= 4 is 5.91 Å². The summed E-state index contributed by atoms with van der Waals surface area (Å²) < 4.78 is 0. The molecule has 0 aromatic carbocycles. The first kappa shape index (κ1) is 12.4. The zero-order valence-electron chi connectivity index (χ0n) is 10.5. The highest BCUT2D eigenvalue weighted by Crippen LogP contribution is 2.25. The van der Waals surface area contributed by atoms with Gasteiger partial charge in [0.1, 0.15) is 6.04 Å². The number of hydrogen-bond acceptors (Lipinski definition) is 3. The molecule has 4 nitrogen and oxygen atoms in total. The molecule has 0 spiro atoms. The fraction of sp³-hybridized carbons (Fsp3) is 0.846. The number of hydrogen-bond donors (Lipinski definition) is 1. The van der Waals surface area contributed by atoms with E-state index in [2.05, 4.69) is 18.3 Å². The molecule has 1 N–H and O–H groups in total. The monoisotopic (exact) mass is 235 g/mol. The molecule has 1 heterocycles. The van der Waals surface area contributed by atoms with Gasteiger partial charge >= 0.3 is 0 Å². The van der Waals surface area contributed by atoms with Crippen molar-refractivity contribution in [3.05, 3.63) is 0 Å². The van der Waals surface area contributed by atoms with E-state index in [0.717, 1.165) is 19.4 Å². The summed E-state index contributed by atoms with van der Waals surface area (Å²) >= 11 is 0. The number of nitrogens with zero attached hydrogens (tertiary/aromatic N) is 2. The summed E-state index contributed by atoms with van der Waals surface area (Å²) in [7, 11) is 0. The van der Waals surface area contributed by atoms with E-state index in [1.807, 2.05) is 4.90 Å². The summed E-state index contributed by atoms with van der Waals surface area (Å²) in [6.07, 6.45) is 6.33. The van der Waals surface area contributed by atoms with Crippen LogP contribution in [0.25, 0.3) is 0 Å². The van der Waals surface area contributed by atoms with Crippen LogP contribution in [0.15, 0.2) is 0 Å². The van der Waals surface area contributed by atoms with E-state index in [1.165, 1.54) is 19.3 Å². The summed E-state index contributed by atoms with van der Waals surface area (Å²) in [6.45, 7) is 2.89. The molecule has 2 atom stereocenters. The molecular formula is C13H21N3O. The molecule has 1 aliphatic carbocycles. The van der Waals surface area contributed by atoms with Gasteiger partial charge in [0.25, 0.3) is 0 Å². The van der Waals surface area contributed by atoms with Crippen LogP contribution in [0.1, 0.15) is 45.4 Å². The summed E-state index contributed by atoms with van der Waals surface area (Å²) in [6, 6.07) is 2.53. The lowest BCUT2D eigenvalue weighted by molar-refractivity contribution is -0.140. The Morgan fingerprint density at radius 2 is 2.12 bits per heavy atom. The van der Waals surface area contributed by atoms with Crippen LogP contribution in [0.4, 0.5) is 0 Å². The highest BCUT2D eigenvalue weighted by molar-refractivity contribution is 5.83. The number of carbonyl (C=O) groups excluding carboxylic acids is 1. The van der Waals surface area contributed by atoms with E-state index in [9.17, 15) is 4.79 Å². The molecule has 1 saturated carbocycles. The van der Waals surface area contributed by atoms with Gasteiger partial charge in [-0.25, -0.2) is 0 Å². The van der Waals surface area contributed by atoms with Gasteiger partial charge in [0.05, 0.1) is 12.5 Å². The summed E-state index contributed by atoms with van der Waals surface area (Å²) in [5, 5.41) is 12.0. The predicted molar refractivity (Wildman–Crippen MR) is 65.2 cm³/mol. The van der Waals surface area contributed by atoms with Crippen molar-refractivity contribution in [3.8, 4) is 6.07 Å². The Balaban J connectivity index is 2.04. The van der Waals surface area contributed by atoms with E-state index in [0.29, 0.717) is 12.1 Å². The van der Waals surface area contributed by atoms with Crippen molar-refractivity contribution < 1.29 is 4.79 Å². The van der Waals surface area contributed by atoms with Crippen molar-refractivity contribution in [3.63, 3.8) is 0 Å². The average Bonchev–Trinajstić information content (AvgIpc) is 2.35. The smallest absolute Gasteiger partial charge is 0.241 e. The summed E-state index contributed by atoms with van der Waals surface area (Å²) in [5.74, 6) is 0.136. The van der Waals surface area contributed by atoms with Crippen LogP contribution in [0.5, 0.6) is 0 Å².